The first-order chi connectivity index (χ1) is 7.68. The highest BCUT2D eigenvalue weighted by Gasteiger charge is 2.24. The molecule has 2 heterocycles. The maximum Gasteiger partial charge on any atom is 0.219 e. The smallest absolute Gasteiger partial charge is 0.219 e. The molecule has 1 amide bonds. The largest absolute Gasteiger partial charge is 0.343 e. The zero-order valence-corrected chi connectivity index (χ0v) is 9.19. The van der Waals surface area contributed by atoms with Crippen LogP contribution in [-0.2, 0) is 4.79 Å². The van der Waals surface area contributed by atoms with Crippen molar-refractivity contribution in [1.82, 2.24) is 14.9 Å². The SMILES string of the molecule is CC(=O)N1CCC(c2ncncc2F)CC1. The van der Waals surface area contributed by atoms with Crippen molar-refractivity contribution in [2.45, 2.75) is 25.7 Å². The van der Waals surface area contributed by atoms with E-state index in [2.05, 4.69) is 9.97 Å². The molecule has 0 saturated carbocycles. The molecule has 1 aliphatic rings. The van der Waals surface area contributed by atoms with E-state index in [4.69, 9.17) is 0 Å². The predicted octanol–water partition coefficient (Wildman–Crippen LogP) is 1.34. The van der Waals surface area contributed by atoms with Gasteiger partial charge in [0.1, 0.15) is 6.33 Å². The summed E-state index contributed by atoms with van der Waals surface area (Å²) < 4.78 is 13.4. The Hall–Kier alpha value is -1.52. The number of amides is 1. The Labute approximate surface area is 93.5 Å². The van der Waals surface area contributed by atoms with Gasteiger partial charge in [0.05, 0.1) is 11.9 Å². The average molecular weight is 223 g/mol. The van der Waals surface area contributed by atoms with Crippen molar-refractivity contribution in [3.63, 3.8) is 0 Å². The molecule has 0 radical (unpaired) electrons. The van der Waals surface area contributed by atoms with Crippen molar-refractivity contribution in [2.75, 3.05) is 13.1 Å². The molecular weight excluding hydrogens is 209 g/mol. The summed E-state index contributed by atoms with van der Waals surface area (Å²) in [5.41, 5.74) is 0.484. The highest BCUT2D eigenvalue weighted by Crippen LogP contribution is 2.27. The molecular formula is C11H14FN3O. The predicted molar refractivity (Wildman–Crippen MR) is 56.2 cm³/mol. The lowest BCUT2D eigenvalue weighted by atomic mass is 9.93. The molecule has 1 aromatic heterocycles. The van der Waals surface area contributed by atoms with E-state index in [9.17, 15) is 9.18 Å². The van der Waals surface area contributed by atoms with Gasteiger partial charge in [0.15, 0.2) is 5.82 Å². The lowest BCUT2D eigenvalue weighted by molar-refractivity contribution is -0.129. The maximum atomic E-state index is 13.4. The van der Waals surface area contributed by atoms with Gasteiger partial charge in [-0.05, 0) is 12.8 Å². The quantitative estimate of drug-likeness (QED) is 0.721. The van der Waals surface area contributed by atoms with Crippen LogP contribution in [0, 0.1) is 5.82 Å². The fourth-order valence-corrected chi connectivity index (χ4v) is 2.09. The van der Waals surface area contributed by atoms with E-state index in [0.29, 0.717) is 18.8 Å². The Morgan fingerprint density at radius 1 is 1.50 bits per heavy atom. The number of rotatable bonds is 1. The van der Waals surface area contributed by atoms with E-state index < -0.39 is 0 Å². The molecule has 16 heavy (non-hydrogen) atoms. The van der Waals surface area contributed by atoms with Gasteiger partial charge in [-0.3, -0.25) is 4.79 Å². The van der Waals surface area contributed by atoms with E-state index in [1.165, 1.54) is 12.5 Å². The Bertz CT molecular complexity index is 389. The zero-order valence-electron chi connectivity index (χ0n) is 9.19. The van der Waals surface area contributed by atoms with Crippen LogP contribution in [0.2, 0.25) is 0 Å². The molecule has 0 atom stereocenters. The van der Waals surface area contributed by atoms with Crippen LogP contribution in [-0.4, -0.2) is 33.9 Å². The molecule has 1 aliphatic heterocycles. The first-order valence-electron chi connectivity index (χ1n) is 5.39. The summed E-state index contributed by atoms with van der Waals surface area (Å²) in [7, 11) is 0. The summed E-state index contributed by atoms with van der Waals surface area (Å²) in [5.74, 6) is -0.149. The van der Waals surface area contributed by atoms with Crippen molar-refractivity contribution < 1.29 is 9.18 Å². The summed E-state index contributed by atoms with van der Waals surface area (Å²) in [6.07, 6.45) is 4.11. The van der Waals surface area contributed by atoms with Crippen LogP contribution in [0.25, 0.3) is 0 Å². The van der Waals surface area contributed by atoms with Crippen molar-refractivity contribution in [3.05, 3.63) is 24.0 Å². The second kappa shape index (κ2) is 4.55. The number of halogens is 1. The van der Waals surface area contributed by atoms with Gasteiger partial charge in [0.2, 0.25) is 5.91 Å². The van der Waals surface area contributed by atoms with Crippen molar-refractivity contribution in [3.8, 4) is 0 Å². The van der Waals surface area contributed by atoms with Gasteiger partial charge < -0.3 is 4.90 Å². The van der Waals surface area contributed by atoms with Gasteiger partial charge in [0, 0.05) is 25.9 Å². The van der Waals surface area contributed by atoms with Crippen LogP contribution in [0.3, 0.4) is 0 Å². The molecule has 0 N–H and O–H groups in total. The van der Waals surface area contributed by atoms with Crippen LogP contribution in [0.4, 0.5) is 4.39 Å². The lowest BCUT2D eigenvalue weighted by Gasteiger charge is -2.30. The van der Waals surface area contributed by atoms with E-state index >= 15 is 0 Å². The molecule has 86 valence electrons. The summed E-state index contributed by atoms with van der Waals surface area (Å²) in [4.78, 5) is 20.5. The Morgan fingerprint density at radius 3 is 2.75 bits per heavy atom. The molecule has 0 spiro atoms. The number of piperidine rings is 1. The highest BCUT2D eigenvalue weighted by molar-refractivity contribution is 5.73. The van der Waals surface area contributed by atoms with Crippen LogP contribution in [0.1, 0.15) is 31.4 Å². The maximum absolute atomic E-state index is 13.4. The molecule has 4 nitrogen and oxygen atoms in total. The standard InChI is InChI=1S/C11H14FN3O/c1-8(16)15-4-2-9(3-5-15)11-10(12)6-13-7-14-11/h6-7,9H,2-5H2,1H3. The Morgan fingerprint density at radius 2 is 2.19 bits per heavy atom. The monoisotopic (exact) mass is 223 g/mol. The minimum absolute atomic E-state index is 0.0848. The number of hydrogen-bond donors (Lipinski definition) is 0. The molecule has 0 aliphatic carbocycles. The summed E-state index contributed by atoms with van der Waals surface area (Å²) >= 11 is 0. The van der Waals surface area contributed by atoms with Gasteiger partial charge in [-0.25, -0.2) is 14.4 Å². The first kappa shape index (κ1) is 11.0. The van der Waals surface area contributed by atoms with Crippen molar-refractivity contribution in [2.24, 2.45) is 0 Å². The number of carbonyl (C=O) groups excluding carboxylic acids is 1. The van der Waals surface area contributed by atoms with E-state index in [0.717, 1.165) is 12.8 Å². The number of likely N-dealkylation sites (tertiary alicyclic amines) is 1. The van der Waals surface area contributed by atoms with Gasteiger partial charge in [-0.15, -0.1) is 0 Å². The van der Waals surface area contributed by atoms with E-state index in [1.54, 1.807) is 11.8 Å². The molecule has 2 rings (SSSR count). The number of nitrogens with zero attached hydrogens (tertiary/aromatic N) is 3. The van der Waals surface area contributed by atoms with Crippen LogP contribution >= 0.6 is 0 Å². The lowest BCUT2D eigenvalue weighted by Crippen LogP contribution is -2.36. The zero-order chi connectivity index (χ0) is 11.5. The van der Waals surface area contributed by atoms with E-state index in [-0.39, 0.29) is 17.6 Å². The molecule has 0 aromatic carbocycles. The van der Waals surface area contributed by atoms with Crippen molar-refractivity contribution >= 4 is 5.91 Å². The molecule has 1 saturated heterocycles. The average Bonchev–Trinajstić information content (AvgIpc) is 2.30. The molecule has 1 fully saturated rings. The Kier molecular flexibility index (Phi) is 3.12. The number of aromatic nitrogens is 2. The normalized spacial score (nSPS) is 17.5. The fraction of sp³-hybridized carbons (Fsp3) is 0.545. The highest BCUT2D eigenvalue weighted by atomic mass is 19.1. The van der Waals surface area contributed by atoms with Crippen molar-refractivity contribution in [1.29, 1.82) is 0 Å². The second-order valence-electron chi connectivity index (χ2n) is 4.04. The number of hydrogen-bond acceptors (Lipinski definition) is 3. The van der Waals surface area contributed by atoms with Gasteiger partial charge >= 0.3 is 0 Å². The fourth-order valence-electron chi connectivity index (χ4n) is 2.09. The molecule has 5 heteroatoms. The summed E-state index contributed by atoms with van der Waals surface area (Å²) in [6, 6.07) is 0. The third kappa shape index (κ3) is 2.18. The second-order valence-corrected chi connectivity index (χ2v) is 4.04. The Balaban J connectivity index is 2.05. The first-order valence-corrected chi connectivity index (χ1v) is 5.39. The molecule has 1 aromatic rings. The molecule has 0 unspecified atom stereocenters. The van der Waals surface area contributed by atoms with Crippen LogP contribution in [0.5, 0.6) is 0 Å². The minimum atomic E-state index is -0.344. The van der Waals surface area contributed by atoms with Gasteiger partial charge in [-0.2, -0.15) is 0 Å². The minimum Gasteiger partial charge on any atom is -0.343 e. The third-order valence-corrected chi connectivity index (χ3v) is 3.02. The topological polar surface area (TPSA) is 46.1 Å². The number of carbonyl (C=O) groups is 1. The molecule has 0 bridgehead atoms. The van der Waals surface area contributed by atoms with Crippen LogP contribution in [0.15, 0.2) is 12.5 Å². The van der Waals surface area contributed by atoms with Gasteiger partial charge in [0.25, 0.3) is 0 Å². The van der Waals surface area contributed by atoms with E-state index in [1.807, 2.05) is 0 Å². The summed E-state index contributed by atoms with van der Waals surface area (Å²) in [5, 5.41) is 0. The van der Waals surface area contributed by atoms with Crippen LogP contribution < -0.4 is 0 Å². The van der Waals surface area contributed by atoms with Gasteiger partial charge in [-0.1, -0.05) is 0 Å². The third-order valence-electron chi connectivity index (χ3n) is 3.02. The summed E-state index contributed by atoms with van der Waals surface area (Å²) in [6.45, 7) is 2.93.